The molecule has 0 aliphatic carbocycles. The lowest BCUT2D eigenvalue weighted by atomic mass is 10.1. The van der Waals surface area contributed by atoms with Crippen molar-refractivity contribution < 1.29 is 35.1 Å². The zero-order valence-corrected chi connectivity index (χ0v) is 19.9. The number of hydrogen-bond donors (Lipinski definition) is 0. The molecule has 0 bridgehead atoms. The van der Waals surface area contributed by atoms with Crippen LogP contribution in [-0.4, -0.2) is 25.9 Å². The highest BCUT2D eigenvalue weighted by Gasteiger charge is 2.16. The Bertz CT molecular complexity index is 1470. The van der Waals surface area contributed by atoms with Crippen LogP contribution in [0.4, 0.5) is 0 Å². The summed E-state index contributed by atoms with van der Waals surface area (Å²) in [5, 5.41) is 0. The predicted octanol–water partition coefficient (Wildman–Crippen LogP) is 2.33. The summed E-state index contributed by atoms with van der Waals surface area (Å²) in [7, 11) is -9.12. The molecule has 4 aromatic rings. The van der Waals surface area contributed by atoms with Crippen molar-refractivity contribution in [2.45, 2.75) is 23.6 Å². The smallest absolute Gasteiger partial charge is 0.214 e. The van der Waals surface area contributed by atoms with E-state index in [1.165, 1.54) is 24.3 Å². The molecule has 0 aliphatic heterocycles. The van der Waals surface area contributed by atoms with Gasteiger partial charge in [-0.3, -0.25) is 0 Å². The van der Waals surface area contributed by atoms with Crippen molar-refractivity contribution in [3.05, 3.63) is 96.6 Å². The number of benzene rings is 2. The number of nitrogens with zero attached hydrogens (tertiary/aromatic N) is 2. The molecule has 4 rings (SSSR count). The molecule has 0 fully saturated rings. The number of rotatable bonds is 5. The van der Waals surface area contributed by atoms with E-state index in [0.29, 0.717) is 11.4 Å². The van der Waals surface area contributed by atoms with E-state index in [9.17, 15) is 25.9 Å². The van der Waals surface area contributed by atoms with Gasteiger partial charge in [-0.2, -0.15) is 9.13 Å². The maximum Gasteiger partial charge on any atom is 0.214 e. The van der Waals surface area contributed by atoms with Gasteiger partial charge in [-0.15, -0.1) is 0 Å². The minimum atomic E-state index is -4.56. The molecule has 0 saturated heterocycles. The van der Waals surface area contributed by atoms with Gasteiger partial charge in [0.25, 0.3) is 0 Å². The summed E-state index contributed by atoms with van der Waals surface area (Å²) in [5.74, 6) is 0. The third kappa shape index (κ3) is 4.90. The molecule has 8 nitrogen and oxygen atoms in total. The van der Waals surface area contributed by atoms with Gasteiger partial charge in [0.1, 0.15) is 20.2 Å². The van der Waals surface area contributed by atoms with Gasteiger partial charge in [-0.25, -0.2) is 16.8 Å². The first-order valence-electron chi connectivity index (χ1n) is 10.1. The topological polar surface area (TPSA) is 122 Å². The molecule has 0 unspecified atom stereocenters. The molecular formula is C24H20N2O6S2. The summed E-state index contributed by atoms with van der Waals surface area (Å²) in [5.41, 5.74) is 4.56. The lowest BCUT2D eigenvalue weighted by Gasteiger charge is -2.09. The highest BCUT2D eigenvalue weighted by atomic mass is 32.2. The molecule has 0 N–H and O–H groups in total. The second-order valence-corrected chi connectivity index (χ2v) is 10.6. The van der Waals surface area contributed by atoms with Gasteiger partial charge in [0, 0.05) is 47.5 Å². The Kier molecular flexibility index (Phi) is 6.09. The van der Waals surface area contributed by atoms with Crippen LogP contribution in [0, 0.1) is 13.8 Å². The Balaban J connectivity index is 1.65. The number of aryl methyl sites for hydroxylation is 2. The second-order valence-electron chi connectivity index (χ2n) is 7.79. The lowest BCUT2D eigenvalue weighted by molar-refractivity contribution is -0.596. The average molecular weight is 497 g/mol. The fourth-order valence-electron chi connectivity index (χ4n) is 3.60. The van der Waals surface area contributed by atoms with Gasteiger partial charge in [0.15, 0.2) is 24.8 Å². The minimum absolute atomic E-state index is 0.290. The van der Waals surface area contributed by atoms with E-state index in [2.05, 4.69) is 0 Å². The number of hydrogen-bond acceptors (Lipinski definition) is 6. The average Bonchev–Trinajstić information content (AvgIpc) is 2.78. The Morgan fingerprint density at radius 1 is 0.559 bits per heavy atom. The van der Waals surface area contributed by atoms with Crippen LogP contribution in [0.25, 0.3) is 22.5 Å². The predicted molar refractivity (Wildman–Crippen MR) is 120 cm³/mol. The lowest BCUT2D eigenvalue weighted by Crippen LogP contribution is -2.31. The standard InChI is InChI=1S/C24H20N2O6S2/c1-17-3-5-21(33(27,28)29)15-23(17)25-11-7-19(8-12-25)20-9-13-26(14-10-20)24-16-22(34(30,31)32)6-4-18(24)2/h3-16H,1-2H3. The fourth-order valence-corrected chi connectivity index (χ4v) is 4.59. The largest absolute Gasteiger partial charge is 0.744 e. The van der Waals surface area contributed by atoms with Crippen LogP contribution < -0.4 is 9.13 Å². The summed E-state index contributed by atoms with van der Waals surface area (Å²) in [4.78, 5) is -0.581. The summed E-state index contributed by atoms with van der Waals surface area (Å²) < 4.78 is 71.7. The normalized spacial score (nSPS) is 12.0. The molecule has 174 valence electrons. The zero-order chi connectivity index (χ0) is 24.7. The quantitative estimate of drug-likeness (QED) is 0.309. The molecule has 0 amide bonds. The first kappa shape index (κ1) is 23.7. The molecular weight excluding hydrogens is 476 g/mol. The first-order valence-corrected chi connectivity index (χ1v) is 12.9. The van der Waals surface area contributed by atoms with Crippen molar-refractivity contribution >= 4 is 20.2 Å². The summed E-state index contributed by atoms with van der Waals surface area (Å²) in [6.45, 7) is 3.64. The molecule has 0 spiro atoms. The van der Waals surface area contributed by atoms with Gasteiger partial charge in [0.2, 0.25) is 11.4 Å². The van der Waals surface area contributed by atoms with Gasteiger partial charge in [-0.1, -0.05) is 12.1 Å². The molecule has 0 atom stereocenters. The van der Waals surface area contributed by atoms with E-state index >= 15 is 0 Å². The van der Waals surface area contributed by atoms with Crippen molar-refractivity contribution in [3.8, 4) is 22.5 Å². The molecule has 10 heteroatoms. The third-order valence-corrected chi connectivity index (χ3v) is 7.15. The van der Waals surface area contributed by atoms with E-state index in [1.54, 1.807) is 46.1 Å². The van der Waals surface area contributed by atoms with Gasteiger partial charge in [-0.05, 0) is 37.1 Å². The molecule has 2 heterocycles. The van der Waals surface area contributed by atoms with Crippen LogP contribution in [0.1, 0.15) is 11.1 Å². The molecule has 34 heavy (non-hydrogen) atoms. The monoisotopic (exact) mass is 496 g/mol. The molecule has 2 aromatic carbocycles. The van der Waals surface area contributed by atoms with Crippen LogP contribution >= 0.6 is 0 Å². The highest BCUT2D eigenvalue weighted by molar-refractivity contribution is 7.86. The van der Waals surface area contributed by atoms with Crippen LogP contribution in [-0.2, 0) is 20.2 Å². The zero-order valence-electron chi connectivity index (χ0n) is 18.2. The van der Waals surface area contributed by atoms with Crippen molar-refractivity contribution in [1.29, 1.82) is 0 Å². The Hall–Kier alpha value is -3.44. The minimum Gasteiger partial charge on any atom is -0.744 e. The Morgan fingerprint density at radius 3 is 1.18 bits per heavy atom. The first-order chi connectivity index (χ1) is 15.9. The maximum absolute atomic E-state index is 11.4. The van der Waals surface area contributed by atoms with Gasteiger partial charge >= 0.3 is 0 Å². The number of aromatic nitrogens is 2. The van der Waals surface area contributed by atoms with E-state index in [1.807, 2.05) is 38.1 Å². The van der Waals surface area contributed by atoms with E-state index < -0.39 is 20.2 Å². The van der Waals surface area contributed by atoms with Gasteiger partial charge in [0.05, 0.1) is 9.79 Å². The second kappa shape index (κ2) is 8.73. The summed E-state index contributed by atoms with van der Waals surface area (Å²) in [6, 6.07) is 15.9. The van der Waals surface area contributed by atoms with Crippen LogP contribution in [0.2, 0.25) is 0 Å². The molecule has 2 aromatic heterocycles. The van der Waals surface area contributed by atoms with Crippen molar-refractivity contribution in [2.24, 2.45) is 0 Å². The van der Waals surface area contributed by atoms with E-state index in [-0.39, 0.29) is 9.79 Å². The van der Waals surface area contributed by atoms with E-state index in [4.69, 9.17) is 0 Å². The SMILES string of the molecule is Cc1ccc(S(=O)(=O)[O-])cc1-[n+]1ccc(-c2cc[n+](-c3cc(S(=O)(=O)[O-])ccc3C)cc2)cc1. The molecule has 0 aliphatic rings. The summed E-state index contributed by atoms with van der Waals surface area (Å²) in [6.07, 6.45) is 7.08. The maximum atomic E-state index is 11.4. The molecule has 0 radical (unpaired) electrons. The van der Waals surface area contributed by atoms with E-state index in [0.717, 1.165) is 22.3 Å². The van der Waals surface area contributed by atoms with Crippen molar-refractivity contribution in [3.63, 3.8) is 0 Å². The van der Waals surface area contributed by atoms with Crippen molar-refractivity contribution in [2.75, 3.05) is 0 Å². The van der Waals surface area contributed by atoms with Crippen LogP contribution in [0.5, 0.6) is 0 Å². The fraction of sp³-hybridized carbons (Fsp3) is 0.0833. The number of pyridine rings is 2. The molecule has 0 saturated carbocycles. The Morgan fingerprint density at radius 2 is 0.882 bits per heavy atom. The highest BCUT2D eigenvalue weighted by Crippen LogP contribution is 2.20. The van der Waals surface area contributed by atoms with Crippen molar-refractivity contribution in [1.82, 2.24) is 0 Å². The Labute approximate surface area is 197 Å². The van der Waals surface area contributed by atoms with Crippen LogP contribution in [0.15, 0.2) is 95.2 Å². The van der Waals surface area contributed by atoms with Gasteiger partial charge < -0.3 is 9.11 Å². The summed E-state index contributed by atoms with van der Waals surface area (Å²) >= 11 is 0. The third-order valence-electron chi connectivity index (χ3n) is 5.49. The van der Waals surface area contributed by atoms with Crippen LogP contribution in [0.3, 0.4) is 0 Å².